The van der Waals surface area contributed by atoms with E-state index in [-0.39, 0.29) is 5.69 Å². The highest BCUT2D eigenvalue weighted by atomic mass is 35.5. The molecule has 1 heterocycles. The Morgan fingerprint density at radius 2 is 1.95 bits per heavy atom. The van der Waals surface area contributed by atoms with Crippen LogP contribution in [0, 0.1) is 0 Å². The zero-order chi connectivity index (χ0) is 15.5. The topological polar surface area (TPSA) is 46.9 Å². The van der Waals surface area contributed by atoms with Crippen molar-refractivity contribution < 1.29 is 0 Å². The Balaban J connectivity index is 2.31. The van der Waals surface area contributed by atoms with Crippen LogP contribution < -0.4 is 11.0 Å². The van der Waals surface area contributed by atoms with Gasteiger partial charge in [0.05, 0.1) is 16.9 Å². The largest absolute Gasteiger partial charge is 0.352 e. The highest BCUT2D eigenvalue weighted by molar-refractivity contribution is 6.31. The summed E-state index contributed by atoms with van der Waals surface area (Å²) in [6, 6.07) is 15.0. The van der Waals surface area contributed by atoms with Gasteiger partial charge in [-0.25, -0.2) is 4.79 Å². The van der Waals surface area contributed by atoms with Gasteiger partial charge in [-0.2, -0.15) is 4.98 Å². The molecule has 0 unspecified atom stereocenters. The molecule has 3 rings (SSSR count). The molecule has 0 saturated heterocycles. The van der Waals surface area contributed by atoms with Crippen LogP contribution in [-0.4, -0.2) is 23.1 Å². The molecule has 22 heavy (non-hydrogen) atoms. The molecule has 4 nitrogen and oxygen atoms in total. The van der Waals surface area contributed by atoms with Crippen molar-refractivity contribution in [1.29, 1.82) is 0 Å². The molecule has 1 N–H and O–H groups in total. The van der Waals surface area contributed by atoms with E-state index < -0.39 is 0 Å². The van der Waals surface area contributed by atoms with Gasteiger partial charge in [0.25, 0.3) is 0 Å². The van der Waals surface area contributed by atoms with Crippen LogP contribution in [0.25, 0.3) is 16.6 Å². The zero-order valence-corrected chi connectivity index (χ0v) is 13.0. The third-order valence-electron chi connectivity index (χ3n) is 3.56. The minimum Gasteiger partial charge on any atom is -0.319 e. The Morgan fingerprint density at radius 3 is 2.68 bits per heavy atom. The molecule has 3 aromatic rings. The number of para-hydroxylation sites is 1. The smallest absolute Gasteiger partial charge is 0.319 e. The first-order chi connectivity index (χ1) is 10.7. The molecule has 0 bridgehead atoms. The Morgan fingerprint density at radius 1 is 1.18 bits per heavy atom. The van der Waals surface area contributed by atoms with Crippen LogP contribution in [-0.2, 0) is 6.42 Å². The van der Waals surface area contributed by atoms with Gasteiger partial charge in [-0.05, 0) is 37.4 Å². The first-order valence-corrected chi connectivity index (χ1v) is 7.49. The fourth-order valence-electron chi connectivity index (χ4n) is 2.52. The molecule has 0 aliphatic rings. The number of rotatable bonds is 4. The number of nitrogens with zero attached hydrogens (tertiary/aromatic N) is 2. The molecule has 0 spiro atoms. The quantitative estimate of drug-likeness (QED) is 0.805. The van der Waals surface area contributed by atoms with Crippen LogP contribution in [0.1, 0.15) is 5.69 Å². The van der Waals surface area contributed by atoms with Crippen LogP contribution in [0.15, 0.2) is 53.3 Å². The van der Waals surface area contributed by atoms with Crippen LogP contribution in [0.4, 0.5) is 0 Å². The molecule has 0 aliphatic heterocycles. The lowest BCUT2D eigenvalue weighted by Gasteiger charge is -2.13. The molecule has 0 saturated carbocycles. The van der Waals surface area contributed by atoms with Crippen molar-refractivity contribution in [2.24, 2.45) is 0 Å². The number of hydrogen-bond donors (Lipinski definition) is 1. The summed E-state index contributed by atoms with van der Waals surface area (Å²) in [5.74, 6) is 0. The molecular formula is C17H16ClN3O. The van der Waals surface area contributed by atoms with E-state index in [1.54, 1.807) is 4.57 Å². The Hall–Kier alpha value is -2.17. The lowest BCUT2D eigenvalue weighted by molar-refractivity contribution is 0.770. The van der Waals surface area contributed by atoms with Gasteiger partial charge in [0, 0.05) is 23.4 Å². The molecule has 0 amide bonds. The second-order valence-corrected chi connectivity index (χ2v) is 5.46. The molecule has 112 valence electrons. The number of hydrogen-bond acceptors (Lipinski definition) is 3. The second kappa shape index (κ2) is 6.30. The normalized spacial score (nSPS) is 11.0. The number of benzene rings is 2. The minimum atomic E-state index is -0.285. The zero-order valence-electron chi connectivity index (χ0n) is 12.2. The molecule has 1 aromatic heterocycles. The number of aromatic nitrogens is 2. The summed E-state index contributed by atoms with van der Waals surface area (Å²) < 4.78 is 1.60. The van der Waals surface area contributed by atoms with Crippen molar-refractivity contribution in [2.75, 3.05) is 13.6 Å². The van der Waals surface area contributed by atoms with Crippen LogP contribution in [0.2, 0.25) is 5.02 Å². The van der Waals surface area contributed by atoms with E-state index in [2.05, 4.69) is 10.3 Å². The maximum absolute atomic E-state index is 12.5. The second-order valence-electron chi connectivity index (χ2n) is 5.03. The van der Waals surface area contributed by atoms with Crippen molar-refractivity contribution in [1.82, 2.24) is 14.9 Å². The van der Waals surface area contributed by atoms with Gasteiger partial charge in [-0.3, -0.25) is 4.57 Å². The monoisotopic (exact) mass is 313 g/mol. The first-order valence-electron chi connectivity index (χ1n) is 7.12. The predicted molar refractivity (Wildman–Crippen MR) is 90.0 cm³/mol. The third-order valence-corrected chi connectivity index (χ3v) is 3.79. The van der Waals surface area contributed by atoms with Gasteiger partial charge in [0.15, 0.2) is 0 Å². The van der Waals surface area contributed by atoms with E-state index in [4.69, 9.17) is 11.6 Å². The van der Waals surface area contributed by atoms with Crippen molar-refractivity contribution in [3.05, 3.63) is 69.7 Å². The summed E-state index contributed by atoms with van der Waals surface area (Å²) in [6.07, 6.45) is 0.694. The van der Waals surface area contributed by atoms with E-state index in [9.17, 15) is 4.79 Å². The number of nitrogens with one attached hydrogen (secondary N) is 1. The van der Waals surface area contributed by atoms with Gasteiger partial charge < -0.3 is 5.32 Å². The third kappa shape index (κ3) is 2.75. The average molecular weight is 314 g/mol. The summed E-state index contributed by atoms with van der Waals surface area (Å²) in [4.78, 5) is 16.8. The average Bonchev–Trinajstić information content (AvgIpc) is 2.53. The van der Waals surface area contributed by atoms with E-state index in [0.29, 0.717) is 11.4 Å². The highest BCUT2D eigenvalue weighted by Gasteiger charge is 2.12. The Bertz CT molecular complexity index is 859. The SMILES string of the molecule is CNCCc1nc(=O)n(-c2ccccc2)c2cc(Cl)ccc12. The summed E-state index contributed by atoms with van der Waals surface area (Å²) in [5.41, 5.74) is 2.07. The van der Waals surface area contributed by atoms with Crippen molar-refractivity contribution in [3.63, 3.8) is 0 Å². The maximum Gasteiger partial charge on any atom is 0.352 e. The van der Waals surface area contributed by atoms with Crippen LogP contribution >= 0.6 is 11.6 Å². The fraction of sp³-hybridized carbons (Fsp3) is 0.176. The fourth-order valence-corrected chi connectivity index (χ4v) is 2.69. The summed E-state index contributed by atoms with van der Waals surface area (Å²) in [7, 11) is 1.88. The lowest BCUT2D eigenvalue weighted by Crippen LogP contribution is -2.24. The Labute approximate surface area is 133 Å². The first kappa shape index (κ1) is 14.8. The molecule has 5 heteroatoms. The van der Waals surface area contributed by atoms with Gasteiger partial charge >= 0.3 is 5.69 Å². The van der Waals surface area contributed by atoms with E-state index in [1.807, 2.05) is 55.6 Å². The number of likely N-dealkylation sites (N-methyl/N-ethyl adjacent to an activating group) is 1. The van der Waals surface area contributed by atoms with Crippen LogP contribution in [0.3, 0.4) is 0 Å². The van der Waals surface area contributed by atoms with Crippen LogP contribution in [0.5, 0.6) is 0 Å². The number of halogens is 1. The van der Waals surface area contributed by atoms with E-state index in [1.165, 1.54) is 0 Å². The highest BCUT2D eigenvalue weighted by Crippen LogP contribution is 2.22. The maximum atomic E-state index is 12.5. The van der Waals surface area contributed by atoms with E-state index in [0.717, 1.165) is 28.8 Å². The van der Waals surface area contributed by atoms with Crippen molar-refractivity contribution in [2.45, 2.75) is 6.42 Å². The summed E-state index contributed by atoms with van der Waals surface area (Å²) in [6.45, 7) is 0.763. The lowest BCUT2D eigenvalue weighted by atomic mass is 10.1. The molecule has 0 radical (unpaired) electrons. The van der Waals surface area contributed by atoms with Gasteiger partial charge in [0.1, 0.15) is 0 Å². The molecular weight excluding hydrogens is 298 g/mol. The van der Waals surface area contributed by atoms with Gasteiger partial charge in [-0.1, -0.05) is 29.8 Å². The van der Waals surface area contributed by atoms with Gasteiger partial charge in [0.2, 0.25) is 0 Å². The van der Waals surface area contributed by atoms with Crippen molar-refractivity contribution >= 4 is 22.5 Å². The van der Waals surface area contributed by atoms with Gasteiger partial charge in [-0.15, -0.1) is 0 Å². The van der Waals surface area contributed by atoms with Crippen molar-refractivity contribution in [3.8, 4) is 5.69 Å². The minimum absolute atomic E-state index is 0.285. The number of fused-ring (bicyclic) bond motifs is 1. The molecule has 0 fully saturated rings. The molecule has 0 aliphatic carbocycles. The predicted octanol–water partition coefficient (Wildman–Crippen LogP) is 2.80. The molecule has 0 atom stereocenters. The standard InChI is InChI=1S/C17H16ClN3O/c1-19-10-9-15-14-8-7-12(18)11-16(14)21(17(22)20-15)13-5-3-2-4-6-13/h2-8,11,19H,9-10H2,1H3. The van der Waals surface area contributed by atoms with E-state index >= 15 is 0 Å². The Kier molecular flexibility index (Phi) is 4.22. The summed E-state index contributed by atoms with van der Waals surface area (Å²) in [5, 5.41) is 4.63. The summed E-state index contributed by atoms with van der Waals surface area (Å²) >= 11 is 6.14. The molecule has 2 aromatic carbocycles.